The highest BCUT2D eigenvalue weighted by molar-refractivity contribution is 5.74. The Morgan fingerprint density at radius 3 is 2.19 bits per heavy atom. The fourth-order valence-corrected chi connectivity index (χ4v) is 7.35. The van der Waals surface area contributed by atoms with Crippen LogP contribution in [0.3, 0.4) is 0 Å². The molecule has 2 saturated carbocycles. The van der Waals surface area contributed by atoms with E-state index in [1.165, 1.54) is 26.7 Å². The average molecular weight is 445 g/mol. The number of esters is 2. The summed E-state index contributed by atoms with van der Waals surface area (Å²) in [6, 6.07) is 3.42. The Morgan fingerprint density at radius 2 is 1.59 bits per heavy atom. The summed E-state index contributed by atoms with van der Waals surface area (Å²) < 4.78 is 23.6. The average Bonchev–Trinajstić information content (AvgIpc) is 2.65. The van der Waals surface area contributed by atoms with Crippen LogP contribution in [-0.2, 0) is 14.3 Å². The zero-order chi connectivity index (χ0) is 23.5. The van der Waals surface area contributed by atoms with Crippen LogP contribution in [0.2, 0.25) is 0 Å². The molecular formula is C26H36O6. The number of ether oxygens (including phenoxy) is 4. The van der Waals surface area contributed by atoms with Gasteiger partial charge < -0.3 is 18.9 Å². The van der Waals surface area contributed by atoms with Gasteiger partial charge in [-0.3, -0.25) is 9.59 Å². The van der Waals surface area contributed by atoms with E-state index in [4.69, 9.17) is 18.9 Å². The van der Waals surface area contributed by atoms with Gasteiger partial charge in [-0.2, -0.15) is 0 Å². The van der Waals surface area contributed by atoms with Crippen LogP contribution in [0.5, 0.6) is 17.2 Å². The van der Waals surface area contributed by atoms with Crippen molar-refractivity contribution in [2.75, 3.05) is 7.11 Å². The quantitative estimate of drug-likeness (QED) is 0.445. The number of carbonyl (C=O) groups is 2. The first-order valence-electron chi connectivity index (χ1n) is 11.7. The molecule has 1 aromatic rings. The molecule has 0 N–H and O–H groups in total. The zero-order valence-electron chi connectivity index (χ0n) is 20.4. The highest BCUT2D eigenvalue weighted by Gasteiger charge is 2.63. The van der Waals surface area contributed by atoms with Crippen molar-refractivity contribution < 1.29 is 28.5 Å². The lowest BCUT2D eigenvalue weighted by Gasteiger charge is -2.64. The maximum atomic E-state index is 11.7. The topological polar surface area (TPSA) is 71.1 Å². The molecule has 0 spiro atoms. The molecule has 0 amide bonds. The third-order valence-electron chi connectivity index (χ3n) is 8.36. The highest BCUT2D eigenvalue weighted by Crippen LogP contribution is 2.67. The van der Waals surface area contributed by atoms with Gasteiger partial charge in [-0.1, -0.05) is 27.2 Å². The van der Waals surface area contributed by atoms with E-state index in [9.17, 15) is 9.59 Å². The van der Waals surface area contributed by atoms with Crippen LogP contribution in [0.4, 0.5) is 0 Å². The molecule has 5 atom stereocenters. The van der Waals surface area contributed by atoms with E-state index >= 15 is 0 Å². The van der Waals surface area contributed by atoms with Gasteiger partial charge in [0.2, 0.25) is 0 Å². The molecule has 4 rings (SSSR count). The fourth-order valence-electron chi connectivity index (χ4n) is 7.35. The molecule has 1 heterocycles. The molecule has 0 bridgehead atoms. The van der Waals surface area contributed by atoms with Crippen LogP contribution in [0.1, 0.15) is 85.3 Å². The molecule has 1 aliphatic heterocycles. The Labute approximate surface area is 190 Å². The van der Waals surface area contributed by atoms with Crippen LogP contribution in [0, 0.1) is 22.7 Å². The van der Waals surface area contributed by atoms with Crippen LogP contribution in [-0.4, -0.2) is 24.6 Å². The maximum absolute atomic E-state index is 11.7. The Bertz CT molecular complexity index is 936. The largest absolute Gasteiger partial charge is 0.487 e. The van der Waals surface area contributed by atoms with Gasteiger partial charge in [-0.05, 0) is 55.4 Å². The normalized spacial score (nSPS) is 34.9. The molecule has 0 radical (unpaired) electrons. The first-order valence-corrected chi connectivity index (χ1v) is 11.7. The van der Waals surface area contributed by atoms with Crippen LogP contribution in [0.25, 0.3) is 0 Å². The molecule has 0 aromatic heterocycles. The summed E-state index contributed by atoms with van der Waals surface area (Å²) >= 11 is 0. The summed E-state index contributed by atoms with van der Waals surface area (Å²) in [6.07, 6.45) is 5.42. The van der Waals surface area contributed by atoms with Gasteiger partial charge in [0, 0.05) is 38.5 Å². The highest BCUT2D eigenvalue weighted by atomic mass is 16.6. The summed E-state index contributed by atoms with van der Waals surface area (Å²) in [5.74, 6) is 0.782. The maximum Gasteiger partial charge on any atom is 0.308 e. The van der Waals surface area contributed by atoms with Crippen molar-refractivity contribution in [3.8, 4) is 17.2 Å². The molecule has 6 heteroatoms. The van der Waals surface area contributed by atoms with Crippen molar-refractivity contribution in [2.24, 2.45) is 22.7 Å². The standard InChI is InChI=1S/C26H36O6/c1-15(27)30-19-13-17-18(14-20(19)31-16(2)28)32-26(6)12-9-21-24(3,4)10-8-11-25(21,5)23(26)22(17)29-7/h13-14,21-23H,8-12H2,1-7H3/t21-,22?,23+,25-,26-/m1/s1. The number of carbonyl (C=O) groups excluding carboxylic acids is 2. The Hall–Kier alpha value is -2.08. The summed E-state index contributed by atoms with van der Waals surface area (Å²) in [5, 5.41) is 0. The third-order valence-corrected chi connectivity index (χ3v) is 8.36. The minimum absolute atomic E-state index is 0.0588. The molecule has 6 nitrogen and oxygen atoms in total. The van der Waals surface area contributed by atoms with Crippen molar-refractivity contribution >= 4 is 11.9 Å². The Balaban J connectivity index is 1.85. The van der Waals surface area contributed by atoms with Crippen molar-refractivity contribution in [2.45, 2.75) is 85.4 Å². The minimum Gasteiger partial charge on any atom is -0.487 e. The smallest absolute Gasteiger partial charge is 0.308 e. The Morgan fingerprint density at radius 1 is 0.969 bits per heavy atom. The molecule has 1 unspecified atom stereocenters. The van der Waals surface area contributed by atoms with Crippen LogP contribution >= 0.6 is 0 Å². The lowest BCUT2D eigenvalue weighted by Crippen LogP contribution is -2.62. The molecule has 3 aliphatic rings. The summed E-state index contributed by atoms with van der Waals surface area (Å²) in [4.78, 5) is 23.4. The van der Waals surface area contributed by atoms with E-state index in [0.717, 1.165) is 24.8 Å². The second-order valence-corrected chi connectivity index (χ2v) is 11.0. The molecule has 2 fully saturated rings. The van der Waals surface area contributed by atoms with Gasteiger partial charge in [-0.15, -0.1) is 0 Å². The Kier molecular flexibility index (Phi) is 5.60. The van der Waals surface area contributed by atoms with Crippen molar-refractivity contribution in [3.05, 3.63) is 17.7 Å². The van der Waals surface area contributed by atoms with E-state index < -0.39 is 17.5 Å². The van der Waals surface area contributed by atoms with Gasteiger partial charge in [-0.25, -0.2) is 0 Å². The number of rotatable bonds is 3. The third kappa shape index (κ3) is 3.60. The first-order chi connectivity index (χ1) is 14.9. The lowest BCUT2D eigenvalue weighted by molar-refractivity contribution is -0.207. The number of fused-ring (bicyclic) bond motifs is 4. The van der Waals surface area contributed by atoms with Gasteiger partial charge >= 0.3 is 11.9 Å². The number of hydrogen-bond acceptors (Lipinski definition) is 6. The summed E-state index contributed by atoms with van der Waals surface area (Å²) in [6.45, 7) is 12.1. The molecule has 176 valence electrons. The van der Waals surface area contributed by atoms with Crippen LogP contribution in [0.15, 0.2) is 12.1 Å². The molecule has 1 aromatic carbocycles. The fraction of sp³-hybridized carbons (Fsp3) is 0.692. The second kappa shape index (κ2) is 7.75. The monoisotopic (exact) mass is 444 g/mol. The zero-order valence-corrected chi connectivity index (χ0v) is 20.4. The van der Waals surface area contributed by atoms with E-state index in [1.54, 1.807) is 19.2 Å². The molecule has 2 aliphatic carbocycles. The number of benzene rings is 1. The van der Waals surface area contributed by atoms with E-state index in [-0.39, 0.29) is 34.4 Å². The lowest BCUT2D eigenvalue weighted by atomic mass is 9.44. The predicted molar refractivity (Wildman–Crippen MR) is 120 cm³/mol. The molecule has 32 heavy (non-hydrogen) atoms. The first kappa shape index (κ1) is 23.1. The minimum atomic E-state index is -0.487. The van der Waals surface area contributed by atoms with Crippen molar-refractivity contribution in [1.29, 1.82) is 0 Å². The summed E-state index contributed by atoms with van der Waals surface area (Å²) in [7, 11) is 1.74. The van der Waals surface area contributed by atoms with Crippen molar-refractivity contribution in [3.63, 3.8) is 0 Å². The predicted octanol–water partition coefficient (Wildman–Crippen LogP) is 5.62. The van der Waals surface area contributed by atoms with Gasteiger partial charge in [0.25, 0.3) is 0 Å². The van der Waals surface area contributed by atoms with E-state index in [2.05, 4.69) is 27.7 Å². The SMILES string of the molecule is COC1c2cc(OC(C)=O)c(OC(C)=O)cc2O[C@]2(C)CC[C@@H]3C(C)(C)CCC[C@@]3(C)[C@H]12. The van der Waals surface area contributed by atoms with Gasteiger partial charge in [0.1, 0.15) is 11.4 Å². The molecule has 0 saturated heterocycles. The van der Waals surface area contributed by atoms with E-state index in [1.807, 2.05) is 0 Å². The van der Waals surface area contributed by atoms with Crippen molar-refractivity contribution in [1.82, 2.24) is 0 Å². The summed E-state index contributed by atoms with van der Waals surface area (Å²) in [5.41, 5.74) is 0.772. The van der Waals surface area contributed by atoms with E-state index in [0.29, 0.717) is 11.7 Å². The van der Waals surface area contributed by atoms with Gasteiger partial charge in [0.15, 0.2) is 11.5 Å². The van der Waals surface area contributed by atoms with Crippen LogP contribution < -0.4 is 14.2 Å². The number of hydrogen-bond donors (Lipinski definition) is 0. The second-order valence-electron chi connectivity index (χ2n) is 11.0. The molecular weight excluding hydrogens is 408 g/mol. The number of methoxy groups -OCH3 is 1. The van der Waals surface area contributed by atoms with Gasteiger partial charge in [0.05, 0.1) is 6.10 Å².